The fraction of sp³-hybridized carbons (Fsp3) is 1.00. The quantitative estimate of drug-likeness (QED) is 0.687. The molecule has 3 rings (SSSR count). The number of hydrogen-bond acceptors (Lipinski definition) is 2. The molecule has 1 heterocycles. The van der Waals surface area contributed by atoms with Crippen LogP contribution in [-0.2, 0) is 0 Å². The van der Waals surface area contributed by atoms with Gasteiger partial charge < -0.3 is 5.11 Å². The van der Waals surface area contributed by atoms with Crippen molar-refractivity contribution in [1.29, 1.82) is 0 Å². The standard InChI is InChI=1S/C12H21NO/c14-12-5-4-11(6-12)13-7-9-2-1-3-10(9)8-13/h9-12,14H,1-8H2. The highest BCUT2D eigenvalue weighted by atomic mass is 16.3. The molecule has 1 aliphatic heterocycles. The van der Waals surface area contributed by atoms with Crippen LogP contribution in [0, 0.1) is 11.8 Å². The van der Waals surface area contributed by atoms with E-state index in [2.05, 4.69) is 4.90 Å². The van der Waals surface area contributed by atoms with Crippen LogP contribution in [0.5, 0.6) is 0 Å². The van der Waals surface area contributed by atoms with Crippen molar-refractivity contribution in [3.8, 4) is 0 Å². The highest BCUT2D eigenvalue weighted by Crippen LogP contribution is 2.40. The summed E-state index contributed by atoms with van der Waals surface area (Å²) < 4.78 is 0. The first-order valence-corrected chi connectivity index (χ1v) is 6.25. The summed E-state index contributed by atoms with van der Waals surface area (Å²) in [6.45, 7) is 2.67. The molecule has 14 heavy (non-hydrogen) atoms. The molecule has 0 radical (unpaired) electrons. The molecular weight excluding hydrogens is 174 g/mol. The highest BCUT2D eigenvalue weighted by Gasteiger charge is 2.40. The van der Waals surface area contributed by atoms with Crippen molar-refractivity contribution in [2.45, 2.75) is 50.7 Å². The molecule has 3 aliphatic rings. The first-order chi connectivity index (χ1) is 6.83. The fourth-order valence-electron chi connectivity index (χ4n) is 3.84. The second-order valence-electron chi connectivity index (χ2n) is 5.53. The van der Waals surface area contributed by atoms with Gasteiger partial charge >= 0.3 is 0 Å². The third kappa shape index (κ3) is 1.49. The molecule has 1 saturated heterocycles. The molecular formula is C12H21NO. The Labute approximate surface area is 86.3 Å². The molecule has 2 aliphatic carbocycles. The van der Waals surface area contributed by atoms with Crippen LogP contribution >= 0.6 is 0 Å². The Balaban J connectivity index is 1.60. The van der Waals surface area contributed by atoms with Gasteiger partial charge in [0.25, 0.3) is 0 Å². The normalized spacial score (nSPS) is 48.6. The first kappa shape index (κ1) is 9.17. The van der Waals surface area contributed by atoms with E-state index in [-0.39, 0.29) is 6.10 Å². The molecule has 4 unspecified atom stereocenters. The zero-order valence-electron chi connectivity index (χ0n) is 8.86. The molecule has 0 spiro atoms. The third-order valence-electron chi connectivity index (χ3n) is 4.65. The van der Waals surface area contributed by atoms with E-state index in [0.717, 1.165) is 30.7 Å². The molecule has 80 valence electrons. The Morgan fingerprint density at radius 3 is 2.21 bits per heavy atom. The van der Waals surface area contributed by atoms with Gasteiger partial charge in [-0.15, -0.1) is 0 Å². The van der Waals surface area contributed by atoms with Crippen LogP contribution < -0.4 is 0 Å². The average molecular weight is 195 g/mol. The third-order valence-corrected chi connectivity index (χ3v) is 4.65. The van der Waals surface area contributed by atoms with Crippen molar-refractivity contribution in [3.05, 3.63) is 0 Å². The summed E-state index contributed by atoms with van der Waals surface area (Å²) >= 11 is 0. The van der Waals surface area contributed by atoms with Crippen molar-refractivity contribution < 1.29 is 5.11 Å². The van der Waals surface area contributed by atoms with E-state index < -0.39 is 0 Å². The molecule has 3 fully saturated rings. The van der Waals surface area contributed by atoms with E-state index in [1.807, 2.05) is 0 Å². The van der Waals surface area contributed by atoms with Crippen LogP contribution in [0.2, 0.25) is 0 Å². The lowest BCUT2D eigenvalue weighted by molar-refractivity contribution is 0.159. The van der Waals surface area contributed by atoms with E-state index in [1.165, 1.54) is 38.8 Å². The van der Waals surface area contributed by atoms with E-state index in [1.54, 1.807) is 0 Å². The van der Waals surface area contributed by atoms with Crippen molar-refractivity contribution in [3.63, 3.8) is 0 Å². The minimum Gasteiger partial charge on any atom is -0.393 e. The van der Waals surface area contributed by atoms with Gasteiger partial charge in [-0.2, -0.15) is 0 Å². The molecule has 4 atom stereocenters. The van der Waals surface area contributed by atoms with Gasteiger partial charge in [0, 0.05) is 19.1 Å². The zero-order chi connectivity index (χ0) is 9.54. The van der Waals surface area contributed by atoms with Crippen molar-refractivity contribution in [2.75, 3.05) is 13.1 Å². The van der Waals surface area contributed by atoms with Crippen molar-refractivity contribution >= 4 is 0 Å². The summed E-state index contributed by atoms with van der Waals surface area (Å²) in [7, 11) is 0. The molecule has 2 heteroatoms. The van der Waals surface area contributed by atoms with E-state index in [4.69, 9.17) is 0 Å². The lowest BCUT2D eigenvalue weighted by Gasteiger charge is -2.24. The van der Waals surface area contributed by atoms with Gasteiger partial charge in [0.05, 0.1) is 6.10 Å². The van der Waals surface area contributed by atoms with Crippen LogP contribution in [0.3, 0.4) is 0 Å². The summed E-state index contributed by atoms with van der Waals surface area (Å²) in [5, 5.41) is 9.54. The molecule has 0 aromatic carbocycles. The van der Waals surface area contributed by atoms with E-state index in [9.17, 15) is 5.11 Å². The van der Waals surface area contributed by atoms with E-state index >= 15 is 0 Å². The summed E-state index contributed by atoms with van der Waals surface area (Å²) in [6, 6.07) is 0.718. The predicted molar refractivity (Wildman–Crippen MR) is 56.0 cm³/mol. The van der Waals surface area contributed by atoms with Crippen LogP contribution in [0.25, 0.3) is 0 Å². The number of nitrogens with zero attached hydrogens (tertiary/aromatic N) is 1. The molecule has 0 aromatic heterocycles. The maximum Gasteiger partial charge on any atom is 0.0555 e. The van der Waals surface area contributed by atoms with Crippen LogP contribution in [0.1, 0.15) is 38.5 Å². The number of likely N-dealkylation sites (tertiary alicyclic amines) is 1. The Morgan fingerprint density at radius 1 is 0.929 bits per heavy atom. The van der Waals surface area contributed by atoms with Gasteiger partial charge in [-0.05, 0) is 43.9 Å². The lowest BCUT2D eigenvalue weighted by Crippen LogP contribution is -2.32. The fourth-order valence-corrected chi connectivity index (χ4v) is 3.84. The Kier molecular flexibility index (Phi) is 2.29. The largest absolute Gasteiger partial charge is 0.393 e. The van der Waals surface area contributed by atoms with Gasteiger partial charge in [0.15, 0.2) is 0 Å². The molecule has 2 saturated carbocycles. The van der Waals surface area contributed by atoms with Crippen LogP contribution in [0.15, 0.2) is 0 Å². The minimum absolute atomic E-state index is 0.000408. The molecule has 0 aromatic rings. The van der Waals surface area contributed by atoms with Crippen molar-refractivity contribution in [2.24, 2.45) is 11.8 Å². The monoisotopic (exact) mass is 195 g/mol. The predicted octanol–water partition coefficient (Wildman–Crippen LogP) is 1.63. The summed E-state index contributed by atoms with van der Waals surface area (Å²) in [5.41, 5.74) is 0. The Morgan fingerprint density at radius 2 is 1.64 bits per heavy atom. The molecule has 1 N–H and O–H groups in total. The number of fused-ring (bicyclic) bond motifs is 1. The number of hydrogen-bond donors (Lipinski definition) is 1. The highest BCUT2D eigenvalue weighted by molar-refractivity contribution is 4.93. The van der Waals surface area contributed by atoms with Gasteiger partial charge in [-0.3, -0.25) is 4.90 Å². The summed E-state index contributed by atoms with van der Waals surface area (Å²) in [4.78, 5) is 2.67. The van der Waals surface area contributed by atoms with Gasteiger partial charge in [-0.1, -0.05) is 6.42 Å². The van der Waals surface area contributed by atoms with E-state index in [0.29, 0.717) is 0 Å². The maximum absolute atomic E-state index is 9.54. The SMILES string of the molecule is OC1CCC(N2CC3CCCC3C2)C1. The smallest absolute Gasteiger partial charge is 0.0555 e. The van der Waals surface area contributed by atoms with Crippen LogP contribution in [0.4, 0.5) is 0 Å². The first-order valence-electron chi connectivity index (χ1n) is 6.25. The molecule has 0 bridgehead atoms. The summed E-state index contributed by atoms with van der Waals surface area (Å²) in [6.07, 6.45) is 7.72. The second kappa shape index (κ2) is 3.49. The summed E-state index contributed by atoms with van der Waals surface area (Å²) in [5.74, 6) is 2.01. The van der Waals surface area contributed by atoms with Crippen LogP contribution in [-0.4, -0.2) is 35.2 Å². The lowest BCUT2D eigenvalue weighted by atomic mass is 10.0. The Hall–Kier alpha value is -0.0800. The van der Waals surface area contributed by atoms with Gasteiger partial charge in [0.1, 0.15) is 0 Å². The number of rotatable bonds is 1. The van der Waals surface area contributed by atoms with Gasteiger partial charge in [-0.25, -0.2) is 0 Å². The zero-order valence-corrected chi connectivity index (χ0v) is 8.86. The second-order valence-corrected chi connectivity index (χ2v) is 5.53. The maximum atomic E-state index is 9.54. The number of aliphatic hydroxyl groups excluding tert-OH is 1. The van der Waals surface area contributed by atoms with Gasteiger partial charge in [0.2, 0.25) is 0 Å². The molecule has 2 nitrogen and oxygen atoms in total. The minimum atomic E-state index is 0.000408. The Bertz CT molecular complexity index is 206. The average Bonchev–Trinajstić information content (AvgIpc) is 2.75. The van der Waals surface area contributed by atoms with Crippen molar-refractivity contribution in [1.82, 2.24) is 4.90 Å². The molecule has 0 amide bonds. The number of aliphatic hydroxyl groups is 1. The topological polar surface area (TPSA) is 23.5 Å².